The number of H-pyrrole nitrogens is 1. The minimum atomic E-state index is -0.266. The lowest BCUT2D eigenvalue weighted by molar-refractivity contribution is -0.121. The summed E-state index contributed by atoms with van der Waals surface area (Å²) in [5.74, 6) is 0.167. The molecule has 0 radical (unpaired) electrons. The zero-order valence-electron chi connectivity index (χ0n) is 15.4. The number of hydrogen-bond donors (Lipinski definition) is 3. The fraction of sp³-hybridized carbons (Fsp3) is 0.190. The van der Waals surface area contributed by atoms with Crippen LogP contribution in [-0.2, 0) is 4.79 Å². The molecule has 1 unspecified atom stereocenters. The van der Waals surface area contributed by atoms with E-state index in [9.17, 15) is 9.59 Å². The Morgan fingerprint density at radius 2 is 1.82 bits per heavy atom. The van der Waals surface area contributed by atoms with E-state index in [-0.39, 0.29) is 24.4 Å². The van der Waals surface area contributed by atoms with Crippen LogP contribution >= 0.6 is 22.6 Å². The van der Waals surface area contributed by atoms with Crippen molar-refractivity contribution in [1.82, 2.24) is 20.6 Å². The monoisotopic (exact) mass is 488 g/mol. The number of nitrogens with zero attached hydrogens (tertiary/aromatic N) is 1. The van der Waals surface area contributed by atoms with Crippen molar-refractivity contribution >= 4 is 34.4 Å². The Kier molecular flexibility index (Phi) is 6.80. The SMILES string of the molecule is CCC(NC(=O)CNC(=O)c1ccccc1I)c1ncc(-c2ccccc2)[nH]1. The van der Waals surface area contributed by atoms with Crippen molar-refractivity contribution in [2.24, 2.45) is 0 Å². The molecule has 0 bridgehead atoms. The van der Waals surface area contributed by atoms with Gasteiger partial charge in [-0.2, -0.15) is 0 Å². The Balaban J connectivity index is 1.59. The lowest BCUT2D eigenvalue weighted by Crippen LogP contribution is -2.39. The molecule has 0 fully saturated rings. The first-order valence-corrected chi connectivity index (χ1v) is 10.1. The predicted molar refractivity (Wildman–Crippen MR) is 117 cm³/mol. The Morgan fingerprint density at radius 3 is 2.54 bits per heavy atom. The first kappa shape index (κ1) is 20.1. The van der Waals surface area contributed by atoms with Crippen molar-refractivity contribution in [3.63, 3.8) is 0 Å². The Morgan fingerprint density at radius 1 is 1.11 bits per heavy atom. The molecule has 3 N–H and O–H groups in total. The molecule has 0 aliphatic carbocycles. The summed E-state index contributed by atoms with van der Waals surface area (Å²) >= 11 is 2.10. The molecule has 0 saturated carbocycles. The minimum absolute atomic E-state index is 0.0907. The summed E-state index contributed by atoms with van der Waals surface area (Å²) in [4.78, 5) is 32.2. The summed E-state index contributed by atoms with van der Waals surface area (Å²) < 4.78 is 0.841. The molecule has 0 aliphatic heterocycles. The van der Waals surface area contributed by atoms with Gasteiger partial charge in [0.2, 0.25) is 5.91 Å². The molecule has 0 saturated heterocycles. The Hall–Kier alpha value is -2.68. The lowest BCUT2D eigenvalue weighted by Gasteiger charge is -2.15. The maximum atomic E-state index is 12.3. The lowest BCUT2D eigenvalue weighted by atomic mass is 10.2. The highest BCUT2D eigenvalue weighted by molar-refractivity contribution is 14.1. The highest BCUT2D eigenvalue weighted by atomic mass is 127. The molecule has 7 heteroatoms. The molecule has 6 nitrogen and oxygen atoms in total. The molecular weight excluding hydrogens is 467 g/mol. The van der Waals surface area contributed by atoms with Crippen molar-refractivity contribution in [1.29, 1.82) is 0 Å². The van der Waals surface area contributed by atoms with E-state index < -0.39 is 0 Å². The summed E-state index contributed by atoms with van der Waals surface area (Å²) in [5.41, 5.74) is 2.49. The molecule has 2 aromatic carbocycles. The van der Waals surface area contributed by atoms with E-state index in [1.165, 1.54) is 0 Å². The molecule has 3 rings (SSSR count). The van der Waals surface area contributed by atoms with Crippen molar-refractivity contribution in [3.05, 3.63) is 75.8 Å². The van der Waals surface area contributed by atoms with Gasteiger partial charge in [0.15, 0.2) is 0 Å². The zero-order chi connectivity index (χ0) is 19.9. The normalized spacial score (nSPS) is 11.6. The van der Waals surface area contributed by atoms with E-state index in [2.05, 4.69) is 43.2 Å². The van der Waals surface area contributed by atoms with Gasteiger partial charge in [-0.3, -0.25) is 9.59 Å². The second-order valence-corrected chi connectivity index (χ2v) is 7.40. The summed E-state index contributed by atoms with van der Waals surface area (Å²) in [6.45, 7) is 1.88. The Bertz CT molecular complexity index is 956. The summed E-state index contributed by atoms with van der Waals surface area (Å²) in [6.07, 6.45) is 2.44. The number of imidazole rings is 1. The molecule has 1 aromatic heterocycles. The fourth-order valence-electron chi connectivity index (χ4n) is 2.79. The number of aromatic amines is 1. The Labute approximate surface area is 177 Å². The number of aromatic nitrogens is 2. The number of rotatable bonds is 7. The van der Waals surface area contributed by atoms with Crippen LogP contribution in [0.15, 0.2) is 60.8 Å². The topological polar surface area (TPSA) is 86.9 Å². The third kappa shape index (κ3) is 4.98. The van der Waals surface area contributed by atoms with Gasteiger partial charge in [-0.15, -0.1) is 0 Å². The molecule has 0 spiro atoms. The van der Waals surface area contributed by atoms with Crippen molar-refractivity contribution in [3.8, 4) is 11.3 Å². The average Bonchev–Trinajstić information content (AvgIpc) is 3.21. The van der Waals surface area contributed by atoms with Crippen LogP contribution in [0.2, 0.25) is 0 Å². The van der Waals surface area contributed by atoms with Gasteiger partial charge in [0.25, 0.3) is 5.91 Å². The van der Waals surface area contributed by atoms with Gasteiger partial charge in [0.05, 0.1) is 30.0 Å². The third-order valence-electron chi connectivity index (χ3n) is 4.28. The molecule has 28 heavy (non-hydrogen) atoms. The molecule has 144 valence electrons. The fourth-order valence-corrected chi connectivity index (χ4v) is 3.42. The van der Waals surface area contributed by atoms with Crippen molar-refractivity contribution in [2.75, 3.05) is 6.54 Å². The van der Waals surface area contributed by atoms with Gasteiger partial charge in [-0.1, -0.05) is 49.4 Å². The van der Waals surface area contributed by atoms with Crippen LogP contribution in [0, 0.1) is 3.57 Å². The van der Waals surface area contributed by atoms with Gasteiger partial charge >= 0.3 is 0 Å². The van der Waals surface area contributed by atoms with Crippen LogP contribution in [0.4, 0.5) is 0 Å². The summed E-state index contributed by atoms with van der Waals surface area (Å²) in [7, 11) is 0. The predicted octanol–water partition coefficient (Wildman–Crippen LogP) is 3.68. The molecule has 3 aromatic rings. The number of nitrogens with one attached hydrogen (secondary N) is 3. The van der Waals surface area contributed by atoms with E-state index in [0.29, 0.717) is 17.8 Å². The van der Waals surface area contributed by atoms with Crippen molar-refractivity contribution in [2.45, 2.75) is 19.4 Å². The number of amides is 2. The van der Waals surface area contributed by atoms with Gasteiger partial charge in [-0.05, 0) is 46.7 Å². The van der Waals surface area contributed by atoms with E-state index >= 15 is 0 Å². The molecular formula is C21H21IN4O2. The average molecular weight is 488 g/mol. The van der Waals surface area contributed by atoms with Crippen LogP contribution in [0.5, 0.6) is 0 Å². The van der Waals surface area contributed by atoms with Gasteiger partial charge in [0.1, 0.15) is 5.82 Å². The van der Waals surface area contributed by atoms with Gasteiger partial charge < -0.3 is 15.6 Å². The van der Waals surface area contributed by atoms with Gasteiger partial charge in [0, 0.05) is 3.57 Å². The number of carbonyl (C=O) groups is 2. The van der Waals surface area contributed by atoms with E-state index in [1.54, 1.807) is 18.3 Å². The number of benzene rings is 2. The minimum Gasteiger partial charge on any atom is -0.345 e. The maximum absolute atomic E-state index is 12.3. The highest BCUT2D eigenvalue weighted by Crippen LogP contribution is 2.20. The second kappa shape index (κ2) is 9.50. The number of halogens is 1. The van der Waals surface area contributed by atoms with E-state index in [4.69, 9.17) is 0 Å². The first-order valence-electron chi connectivity index (χ1n) is 9.01. The van der Waals surface area contributed by atoms with Crippen LogP contribution in [-0.4, -0.2) is 28.3 Å². The van der Waals surface area contributed by atoms with Crippen molar-refractivity contribution < 1.29 is 9.59 Å². The molecule has 0 aliphatic rings. The second-order valence-electron chi connectivity index (χ2n) is 6.24. The standard InChI is InChI=1S/C21H21IN4O2/c1-2-17(20-23-12-18(26-20)14-8-4-3-5-9-14)25-19(27)13-24-21(28)15-10-6-7-11-16(15)22/h3-12,17H,2,13H2,1H3,(H,23,26)(H,24,28)(H,25,27). The third-order valence-corrected chi connectivity index (χ3v) is 5.22. The highest BCUT2D eigenvalue weighted by Gasteiger charge is 2.17. The van der Waals surface area contributed by atoms with E-state index in [0.717, 1.165) is 14.8 Å². The quantitative estimate of drug-likeness (QED) is 0.444. The molecule has 1 heterocycles. The summed E-state index contributed by atoms with van der Waals surface area (Å²) in [6, 6.07) is 16.9. The largest absolute Gasteiger partial charge is 0.345 e. The molecule has 1 atom stereocenters. The maximum Gasteiger partial charge on any atom is 0.252 e. The first-order chi connectivity index (χ1) is 13.6. The number of hydrogen-bond acceptors (Lipinski definition) is 3. The van der Waals surface area contributed by atoms with Crippen LogP contribution in [0.3, 0.4) is 0 Å². The zero-order valence-corrected chi connectivity index (χ0v) is 17.6. The van der Waals surface area contributed by atoms with Crippen LogP contribution < -0.4 is 10.6 Å². The smallest absolute Gasteiger partial charge is 0.252 e. The number of carbonyl (C=O) groups excluding carboxylic acids is 2. The van der Waals surface area contributed by atoms with Crippen LogP contribution in [0.25, 0.3) is 11.3 Å². The van der Waals surface area contributed by atoms with E-state index in [1.807, 2.05) is 49.4 Å². The van der Waals surface area contributed by atoms with Crippen LogP contribution in [0.1, 0.15) is 35.6 Å². The molecule has 2 amide bonds. The van der Waals surface area contributed by atoms with Gasteiger partial charge in [-0.25, -0.2) is 4.98 Å². The summed E-state index contributed by atoms with van der Waals surface area (Å²) in [5, 5.41) is 5.59.